The molecule has 0 saturated carbocycles. The van der Waals surface area contributed by atoms with Crippen LogP contribution >= 0.6 is 0 Å². The van der Waals surface area contributed by atoms with Crippen molar-refractivity contribution in [1.82, 2.24) is 15.5 Å². The topological polar surface area (TPSA) is 70.7 Å². The lowest BCUT2D eigenvalue weighted by atomic mass is 10.3. The van der Waals surface area contributed by atoms with Crippen LogP contribution in [-0.2, 0) is 9.53 Å². The molecule has 1 rings (SSSR count). The Labute approximate surface area is 88.9 Å². The second-order valence-electron chi connectivity index (χ2n) is 3.39. The first-order valence-electron chi connectivity index (χ1n) is 4.98. The highest BCUT2D eigenvalue weighted by atomic mass is 16.5. The second kappa shape index (κ2) is 5.55. The van der Waals surface area contributed by atoms with Crippen molar-refractivity contribution in [3.8, 4) is 0 Å². The number of hydrogen-bond donors (Lipinski definition) is 2. The SMILES string of the molecule is COCCNC(=O)C(C)N1CCNC1=O. The summed E-state index contributed by atoms with van der Waals surface area (Å²) in [5, 5.41) is 5.35. The lowest BCUT2D eigenvalue weighted by Crippen LogP contribution is -2.47. The number of hydrogen-bond acceptors (Lipinski definition) is 3. The highest BCUT2D eigenvalue weighted by molar-refractivity contribution is 5.87. The molecule has 15 heavy (non-hydrogen) atoms. The molecule has 2 N–H and O–H groups in total. The average Bonchev–Trinajstić information content (AvgIpc) is 2.63. The fourth-order valence-corrected chi connectivity index (χ4v) is 1.42. The number of rotatable bonds is 5. The molecule has 3 amide bonds. The van der Waals surface area contributed by atoms with Crippen molar-refractivity contribution < 1.29 is 14.3 Å². The minimum Gasteiger partial charge on any atom is -0.383 e. The Morgan fingerprint density at radius 2 is 2.47 bits per heavy atom. The van der Waals surface area contributed by atoms with Crippen molar-refractivity contribution in [3.63, 3.8) is 0 Å². The van der Waals surface area contributed by atoms with Crippen LogP contribution in [-0.4, -0.2) is 56.2 Å². The van der Waals surface area contributed by atoms with E-state index in [4.69, 9.17) is 4.74 Å². The summed E-state index contributed by atoms with van der Waals surface area (Å²) < 4.78 is 4.81. The van der Waals surface area contributed by atoms with Crippen molar-refractivity contribution in [2.45, 2.75) is 13.0 Å². The van der Waals surface area contributed by atoms with E-state index in [1.807, 2.05) is 0 Å². The number of urea groups is 1. The van der Waals surface area contributed by atoms with E-state index in [0.717, 1.165) is 0 Å². The molecular weight excluding hydrogens is 198 g/mol. The van der Waals surface area contributed by atoms with E-state index in [0.29, 0.717) is 26.2 Å². The Morgan fingerprint density at radius 1 is 1.73 bits per heavy atom. The van der Waals surface area contributed by atoms with Crippen LogP contribution in [0.3, 0.4) is 0 Å². The Bertz CT molecular complexity index is 245. The molecule has 0 bridgehead atoms. The fraction of sp³-hybridized carbons (Fsp3) is 0.778. The van der Waals surface area contributed by atoms with E-state index < -0.39 is 6.04 Å². The zero-order valence-electron chi connectivity index (χ0n) is 9.08. The number of carbonyl (C=O) groups is 2. The van der Waals surface area contributed by atoms with Gasteiger partial charge < -0.3 is 20.3 Å². The highest BCUT2D eigenvalue weighted by Gasteiger charge is 2.28. The maximum absolute atomic E-state index is 11.6. The number of methoxy groups -OCH3 is 1. The molecule has 6 heteroatoms. The summed E-state index contributed by atoms with van der Waals surface area (Å²) in [6.45, 7) is 3.85. The van der Waals surface area contributed by atoms with E-state index >= 15 is 0 Å². The van der Waals surface area contributed by atoms with Crippen LogP contribution in [0, 0.1) is 0 Å². The van der Waals surface area contributed by atoms with Crippen LogP contribution in [0.15, 0.2) is 0 Å². The minimum atomic E-state index is -0.427. The third-order valence-corrected chi connectivity index (χ3v) is 2.34. The summed E-state index contributed by atoms with van der Waals surface area (Å²) in [6.07, 6.45) is 0. The lowest BCUT2D eigenvalue weighted by molar-refractivity contribution is -0.124. The van der Waals surface area contributed by atoms with Crippen LogP contribution in [0.4, 0.5) is 4.79 Å². The number of amides is 3. The molecule has 1 saturated heterocycles. The Balaban J connectivity index is 2.35. The molecule has 1 unspecified atom stereocenters. The first-order valence-corrected chi connectivity index (χ1v) is 4.98. The summed E-state index contributed by atoms with van der Waals surface area (Å²) >= 11 is 0. The van der Waals surface area contributed by atoms with Crippen LogP contribution in [0.5, 0.6) is 0 Å². The van der Waals surface area contributed by atoms with Gasteiger partial charge in [0, 0.05) is 26.7 Å². The third-order valence-electron chi connectivity index (χ3n) is 2.34. The number of nitrogens with zero attached hydrogens (tertiary/aromatic N) is 1. The Morgan fingerprint density at radius 3 is 3.00 bits per heavy atom. The summed E-state index contributed by atoms with van der Waals surface area (Å²) in [4.78, 5) is 24.3. The molecular formula is C9H17N3O3. The molecule has 6 nitrogen and oxygen atoms in total. The monoisotopic (exact) mass is 215 g/mol. The maximum atomic E-state index is 11.6. The Hall–Kier alpha value is -1.30. The number of ether oxygens (including phenoxy) is 1. The zero-order valence-corrected chi connectivity index (χ0v) is 9.08. The predicted molar refractivity (Wildman–Crippen MR) is 54.5 cm³/mol. The summed E-state index contributed by atoms with van der Waals surface area (Å²) in [5.41, 5.74) is 0. The second-order valence-corrected chi connectivity index (χ2v) is 3.39. The molecule has 1 atom stereocenters. The third kappa shape index (κ3) is 3.09. The van der Waals surface area contributed by atoms with Crippen LogP contribution in [0.25, 0.3) is 0 Å². The summed E-state index contributed by atoms with van der Waals surface area (Å²) in [6, 6.07) is -0.603. The normalized spacial score (nSPS) is 17.5. The van der Waals surface area contributed by atoms with Gasteiger partial charge in [-0.25, -0.2) is 4.79 Å². The summed E-state index contributed by atoms with van der Waals surface area (Å²) in [5.74, 6) is -0.149. The molecule has 0 radical (unpaired) electrons. The van der Waals surface area contributed by atoms with E-state index in [-0.39, 0.29) is 11.9 Å². The first kappa shape index (κ1) is 11.8. The van der Waals surface area contributed by atoms with E-state index in [9.17, 15) is 9.59 Å². The average molecular weight is 215 g/mol. The molecule has 0 aromatic heterocycles. The molecule has 1 aliphatic heterocycles. The van der Waals surface area contributed by atoms with Gasteiger partial charge in [-0.05, 0) is 6.92 Å². The van der Waals surface area contributed by atoms with Gasteiger partial charge in [0.05, 0.1) is 6.61 Å². The van der Waals surface area contributed by atoms with Gasteiger partial charge in [0.15, 0.2) is 0 Å². The Kier molecular flexibility index (Phi) is 4.36. The van der Waals surface area contributed by atoms with Gasteiger partial charge in [-0.2, -0.15) is 0 Å². The molecule has 1 fully saturated rings. The lowest BCUT2D eigenvalue weighted by Gasteiger charge is -2.21. The van der Waals surface area contributed by atoms with Gasteiger partial charge in [0.2, 0.25) is 5.91 Å². The van der Waals surface area contributed by atoms with Crippen molar-refractivity contribution in [2.75, 3.05) is 33.4 Å². The van der Waals surface area contributed by atoms with Crippen molar-refractivity contribution in [1.29, 1.82) is 0 Å². The molecule has 1 heterocycles. The highest BCUT2D eigenvalue weighted by Crippen LogP contribution is 2.03. The van der Waals surface area contributed by atoms with Crippen LogP contribution < -0.4 is 10.6 Å². The largest absolute Gasteiger partial charge is 0.383 e. The fourth-order valence-electron chi connectivity index (χ4n) is 1.42. The number of nitrogens with one attached hydrogen (secondary N) is 2. The van der Waals surface area contributed by atoms with Gasteiger partial charge in [0.1, 0.15) is 6.04 Å². The smallest absolute Gasteiger partial charge is 0.318 e. The molecule has 0 aromatic carbocycles. The van der Waals surface area contributed by atoms with Gasteiger partial charge in [-0.15, -0.1) is 0 Å². The first-order chi connectivity index (χ1) is 7.16. The quantitative estimate of drug-likeness (QED) is 0.588. The minimum absolute atomic E-state index is 0.149. The van der Waals surface area contributed by atoms with Crippen molar-refractivity contribution in [3.05, 3.63) is 0 Å². The van der Waals surface area contributed by atoms with Crippen LogP contribution in [0.2, 0.25) is 0 Å². The van der Waals surface area contributed by atoms with E-state index in [1.54, 1.807) is 14.0 Å². The standard InChI is InChI=1S/C9H17N3O3/c1-7(8(13)10-4-6-15-2)12-5-3-11-9(12)14/h7H,3-6H2,1-2H3,(H,10,13)(H,11,14). The molecule has 0 aliphatic carbocycles. The number of carbonyl (C=O) groups excluding carboxylic acids is 2. The van der Waals surface area contributed by atoms with Gasteiger partial charge in [0.25, 0.3) is 0 Å². The van der Waals surface area contributed by atoms with Crippen molar-refractivity contribution >= 4 is 11.9 Å². The van der Waals surface area contributed by atoms with Gasteiger partial charge in [-0.3, -0.25) is 4.79 Å². The van der Waals surface area contributed by atoms with E-state index in [1.165, 1.54) is 4.90 Å². The molecule has 1 aliphatic rings. The zero-order chi connectivity index (χ0) is 11.3. The molecule has 0 aromatic rings. The summed E-state index contributed by atoms with van der Waals surface area (Å²) in [7, 11) is 1.57. The predicted octanol–water partition coefficient (Wildman–Crippen LogP) is -0.837. The van der Waals surface area contributed by atoms with E-state index in [2.05, 4.69) is 10.6 Å². The molecule has 0 spiro atoms. The van der Waals surface area contributed by atoms with Gasteiger partial charge >= 0.3 is 6.03 Å². The van der Waals surface area contributed by atoms with Crippen LogP contribution in [0.1, 0.15) is 6.92 Å². The van der Waals surface area contributed by atoms with Gasteiger partial charge in [-0.1, -0.05) is 0 Å². The van der Waals surface area contributed by atoms with Crippen molar-refractivity contribution in [2.24, 2.45) is 0 Å². The molecule has 86 valence electrons. The maximum Gasteiger partial charge on any atom is 0.318 e.